The third-order valence-corrected chi connectivity index (χ3v) is 6.72. The van der Waals surface area contributed by atoms with Gasteiger partial charge in [0.05, 0.1) is 18.1 Å². The Labute approximate surface area is 178 Å². The molecule has 0 amide bonds. The molecule has 1 aromatic heterocycles. The Bertz CT molecular complexity index is 888. The van der Waals surface area contributed by atoms with Crippen LogP contribution in [0.4, 0.5) is 0 Å². The molecule has 1 fully saturated rings. The van der Waals surface area contributed by atoms with Crippen molar-refractivity contribution in [2.75, 3.05) is 0 Å². The van der Waals surface area contributed by atoms with Crippen molar-refractivity contribution in [2.45, 2.75) is 73.5 Å². The van der Waals surface area contributed by atoms with Crippen LogP contribution in [-0.4, -0.2) is 23.8 Å². The third-order valence-electron chi connectivity index (χ3n) is 6.72. The summed E-state index contributed by atoms with van der Waals surface area (Å²) in [5.41, 5.74) is 1.55. The molecule has 6 nitrogen and oxygen atoms in total. The van der Waals surface area contributed by atoms with Crippen LogP contribution in [0.5, 0.6) is 0 Å². The summed E-state index contributed by atoms with van der Waals surface area (Å²) in [5.74, 6) is -1.60. The van der Waals surface area contributed by atoms with Gasteiger partial charge in [0.25, 0.3) is 0 Å². The normalized spacial score (nSPS) is 30.3. The van der Waals surface area contributed by atoms with Crippen LogP contribution in [-0.2, 0) is 19.1 Å². The zero-order chi connectivity index (χ0) is 22.4. The van der Waals surface area contributed by atoms with E-state index >= 15 is 0 Å². The number of aryl methyl sites for hydroxylation is 1. The number of hydrogen-bond acceptors (Lipinski definition) is 6. The molecule has 0 bridgehead atoms. The van der Waals surface area contributed by atoms with Crippen LogP contribution in [0.2, 0.25) is 0 Å². The van der Waals surface area contributed by atoms with Gasteiger partial charge in [0.2, 0.25) is 5.78 Å². The number of hydrogen-bond donors (Lipinski definition) is 0. The summed E-state index contributed by atoms with van der Waals surface area (Å²) in [4.78, 5) is 38.5. The fourth-order valence-electron chi connectivity index (χ4n) is 4.88. The molecule has 0 aliphatic heterocycles. The Morgan fingerprint density at radius 1 is 1.23 bits per heavy atom. The SMILES string of the molecule is CC(C)=CC(=O)O[C@H]1CC[C@H](C)[C@]2(C)[C@H](OC(=O)C(C)C)c3c(C)coc3C(=O)[C@H]12. The molecule has 1 aromatic rings. The minimum Gasteiger partial charge on any atom is -0.460 e. The summed E-state index contributed by atoms with van der Waals surface area (Å²) in [7, 11) is 0. The molecule has 2 aliphatic carbocycles. The van der Waals surface area contributed by atoms with Gasteiger partial charge in [0.1, 0.15) is 12.2 Å². The Morgan fingerprint density at radius 3 is 2.50 bits per heavy atom. The summed E-state index contributed by atoms with van der Waals surface area (Å²) in [6, 6.07) is 0. The van der Waals surface area contributed by atoms with Crippen molar-refractivity contribution in [2.24, 2.45) is 23.2 Å². The molecule has 30 heavy (non-hydrogen) atoms. The highest BCUT2D eigenvalue weighted by Gasteiger charge is 2.62. The highest BCUT2D eigenvalue weighted by Crippen LogP contribution is 2.60. The fourth-order valence-corrected chi connectivity index (χ4v) is 4.88. The van der Waals surface area contributed by atoms with Crippen LogP contribution in [0.1, 0.15) is 82.2 Å². The monoisotopic (exact) mass is 416 g/mol. The molecule has 0 spiro atoms. The quantitative estimate of drug-likeness (QED) is 0.510. The maximum absolute atomic E-state index is 13.6. The zero-order valence-electron chi connectivity index (χ0n) is 18.9. The van der Waals surface area contributed by atoms with Crippen molar-refractivity contribution in [3.05, 3.63) is 34.8 Å². The number of carbonyl (C=O) groups excluding carboxylic acids is 3. The van der Waals surface area contributed by atoms with Crippen molar-refractivity contribution < 1.29 is 28.3 Å². The van der Waals surface area contributed by atoms with Gasteiger partial charge in [-0.2, -0.15) is 0 Å². The van der Waals surface area contributed by atoms with Crippen molar-refractivity contribution in [1.29, 1.82) is 0 Å². The van der Waals surface area contributed by atoms with Gasteiger partial charge in [-0.15, -0.1) is 0 Å². The molecule has 0 radical (unpaired) electrons. The van der Waals surface area contributed by atoms with Crippen LogP contribution in [0.3, 0.4) is 0 Å². The van der Waals surface area contributed by atoms with Gasteiger partial charge in [-0.25, -0.2) is 4.79 Å². The van der Waals surface area contributed by atoms with E-state index in [9.17, 15) is 14.4 Å². The molecule has 0 unspecified atom stereocenters. The second kappa shape index (κ2) is 8.05. The standard InChI is InChI=1S/C24H32O6/c1-12(2)10-17(25)29-16-9-8-15(6)24(7)19(16)20(26)21-18(14(5)11-28-21)22(24)30-23(27)13(3)4/h10-11,13,15-16,19,22H,8-9H2,1-7H3/t15-,16-,19-,22+,24-/m0/s1. The molecule has 6 heteroatoms. The van der Waals surface area contributed by atoms with E-state index in [2.05, 4.69) is 6.92 Å². The fraction of sp³-hybridized carbons (Fsp3) is 0.625. The lowest BCUT2D eigenvalue weighted by Crippen LogP contribution is -2.56. The van der Waals surface area contributed by atoms with Gasteiger partial charge >= 0.3 is 11.9 Å². The molecular weight excluding hydrogens is 384 g/mol. The number of ketones is 1. The average molecular weight is 417 g/mol. The van der Waals surface area contributed by atoms with Crippen LogP contribution in [0, 0.1) is 30.1 Å². The number of fused-ring (bicyclic) bond motifs is 2. The zero-order valence-corrected chi connectivity index (χ0v) is 18.9. The molecule has 1 saturated carbocycles. The molecule has 5 atom stereocenters. The molecule has 1 heterocycles. The van der Waals surface area contributed by atoms with Crippen LogP contribution in [0.25, 0.3) is 0 Å². The minimum atomic E-state index is -0.711. The lowest BCUT2D eigenvalue weighted by Gasteiger charge is -2.53. The topological polar surface area (TPSA) is 82.8 Å². The van der Waals surface area contributed by atoms with Crippen molar-refractivity contribution >= 4 is 17.7 Å². The number of rotatable bonds is 4. The van der Waals surface area contributed by atoms with Gasteiger partial charge in [-0.1, -0.05) is 33.3 Å². The first-order chi connectivity index (χ1) is 14.0. The summed E-state index contributed by atoms with van der Waals surface area (Å²) >= 11 is 0. The second-order valence-electron chi connectivity index (χ2n) is 9.52. The predicted molar refractivity (Wildman–Crippen MR) is 111 cm³/mol. The Balaban J connectivity index is 2.10. The van der Waals surface area contributed by atoms with Gasteiger partial charge in [0.15, 0.2) is 5.76 Å². The molecule has 164 valence electrons. The summed E-state index contributed by atoms with van der Waals surface area (Å²) in [6.45, 7) is 13.1. The molecule has 2 aliphatic rings. The smallest absolute Gasteiger partial charge is 0.330 e. The van der Waals surface area contributed by atoms with Crippen molar-refractivity contribution in [3.63, 3.8) is 0 Å². The number of esters is 2. The number of furan rings is 1. The summed E-state index contributed by atoms with van der Waals surface area (Å²) < 4.78 is 17.4. The number of allylic oxidation sites excluding steroid dienone is 1. The molecule has 0 N–H and O–H groups in total. The van der Waals surface area contributed by atoms with E-state index in [0.717, 1.165) is 17.6 Å². The predicted octanol–water partition coefficient (Wildman–Crippen LogP) is 4.96. The Hall–Kier alpha value is -2.37. The molecule has 0 aromatic carbocycles. The number of Topliss-reactive ketones (excluding diaryl/α,β-unsaturated/α-hetero) is 1. The van der Waals surface area contributed by atoms with E-state index in [1.807, 2.05) is 27.7 Å². The van der Waals surface area contributed by atoms with E-state index in [0.29, 0.717) is 12.0 Å². The molecule has 3 rings (SSSR count). The van der Waals surface area contributed by atoms with Gasteiger partial charge in [-0.05, 0) is 45.1 Å². The van der Waals surface area contributed by atoms with Gasteiger partial charge in [0, 0.05) is 17.1 Å². The maximum atomic E-state index is 13.6. The Kier molecular flexibility index (Phi) is 5.99. The Morgan fingerprint density at radius 2 is 1.90 bits per heavy atom. The highest BCUT2D eigenvalue weighted by molar-refractivity contribution is 6.00. The lowest BCUT2D eigenvalue weighted by molar-refractivity contribution is -0.182. The van der Waals surface area contributed by atoms with Crippen molar-refractivity contribution in [3.8, 4) is 0 Å². The number of ether oxygens (including phenoxy) is 2. The van der Waals surface area contributed by atoms with Crippen molar-refractivity contribution in [1.82, 2.24) is 0 Å². The third kappa shape index (κ3) is 3.61. The van der Waals surface area contributed by atoms with E-state index < -0.39 is 29.5 Å². The minimum absolute atomic E-state index is 0.0808. The van der Waals surface area contributed by atoms with E-state index in [4.69, 9.17) is 13.9 Å². The van der Waals surface area contributed by atoms with E-state index in [1.165, 1.54) is 12.3 Å². The lowest BCUT2D eigenvalue weighted by atomic mass is 9.53. The average Bonchev–Trinajstić information content (AvgIpc) is 3.02. The van der Waals surface area contributed by atoms with E-state index in [-0.39, 0.29) is 29.3 Å². The largest absolute Gasteiger partial charge is 0.460 e. The first kappa shape index (κ1) is 22.3. The first-order valence-electron chi connectivity index (χ1n) is 10.7. The van der Waals surface area contributed by atoms with Gasteiger partial charge in [-0.3, -0.25) is 9.59 Å². The second-order valence-corrected chi connectivity index (χ2v) is 9.52. The molecule has 0 saturated heterocycles. The van der Waals surface area contributed by atoms with E-state index in [1.54, 1.807) is 13.8 Å². The summed E-state index contributed by atoms with van der Waals surface area (Å²) in [6.07, 6.45) is 3.07. The summed E-state index contributed by atoms with van der Waals surface area (Å²) in [5, 5.41) is 0. The molecular formula is C24H32O6. The number of carbonyl (C=O) groups is 3. The maximum Gasteiger partial charge on any atom is 0.330 e. The van der Waals surface area contributed by atoms with Gasteiger partial charge < -0.3 is 13.9 Å². The van der Waals surface area contributed by atoms with Crippen LogP contribution < -0.4 is 0 Å². The first-order valence-corrected chi connectivity index (χ1v) is 10.7. The van der Waals surface area contributed by atoms with Crippen LogP contribution >= 0.6 is 0 Å². The van der Waals surface area contributed by atoms with Crippen LogP contribution in [0.15, 0.2) is 22.3 Å². The highest BCUT2D eigenvalue weighted by atomic mass is 16.6.